The second kappa shape index (κ2) is 12.2. The van der Waals surface area contributed by atoms with Crippen molar-refractivity contribution >= 4 is 38.8 Å². The van der Waals surface area contributed by atoms with Crippen LogP contribution in [0, 0.1) is 0 Å². The van der Waals surface area contributed by atoms with E-state index in [0.717, 1.165) is 12.8 Å². The molecule has 0 spiro atoms. The van der Waals surface area contributed by atoms with Crippen LogP contribution in [0.15, 0.2) is 151 Å². The van der Waals surface area contributed by atoms with Crippen LogP contribution < -0.4 is 4.90 Å². The van der Waals surface area contributed by atoms with E-state index in [2.05, 4.69) is 197 Å². The minimum absolute atomic E-state index is 0.0832. The van der Waals surface area contributed by atoms with Crippen LogP contribution in [0.1, 0.15) is 95.0 Å². The van der Waals surface area contributed by atoms with E-state index in [1.54, 1.807) is 0 Å². The Morgan fingerprint density at radius 2 is 1.16 bits per heavy atom. The molecule has 0 fully saturated rings. The van der Waals surface area contributed by atoms with Crippen molar-refractivity contribution in [3.63, 3.8) is 0 Å². The number of aromatic nitrogens is 1. The molecule has 0 saturated heterocycles. The zero-order valence-corrected chi connectivity index (χ0v) is 33.1. The first-order valence-electron chi connectivity index (χ1n) is 20.2. The van der Waals surface area contributed by atoms with Gasteiger partial charge in [-0.15, -0.1) is 0 Å². The molecule has 10 rings (SSSR count). The lowest BCUT2D eigenvalue weighted by molar-refractivity contribution is 0.332. The zero-order valence-electron chi connectivity index (χ0n) is 33.1. The Bertz CT molecular complexity index is 2730. The first-order valence-corrected chi connectivity index (χ1v) is 20.2. The molecule has 0 saturated carbocycles. The molecule has 2 nitrogen and oxygen atoms in total. The Morgan fingerprint density at radius 3 is 1.96 bits per heavy atom. The Labute approximate surface area is 326 Å². The number of benzene rings is 6. The van der Waals surface area contributed by atoms with Gasteiger partial charge in [0.25, 0.3) is 0 Å². The van der Waals surface area contributed by atoms with Crippen LogP contribution in [-0.2, 0) is 16.2 Å². The standard InChI is InChI=1S/C53H50N2/c1-51(2)30-31-52(3,4)48-33-39(26-29-46(48)51)55-49-19-13-11-17-43(49)44-28-25-40(34-50(44)55)54(37-22-20-36(21-23-37)35-14-8-7-9-15-35)38-24-27-42-41-16-10-12-18-45(41)53(5,6)47(42)32-38/h7-20,22,24-29,32-34H,21,23,30-31H2,1-6H3. The zero-order chi connectivity index (χ0) is 37.7. The smallest absolute Gasteiger partial charge is 0.0561 e. The van der Waals surface area contributed by atoms with Gasteiger partial charge in [-0.1, -0.05) is 139 Å². The molecule has 2 heteroatoms. The summed E-state index contributed by atoms with van der Waals surface area (Å²) < 4.78 is 2.52. The number of allylic oxidation sites excluding steroid dienone is 4. The number of para-hydroxylation sites is 1. The van der Waals surface area contributed by atoms with Crippen LogP contribution in [0.2, 0.25) is 0 Å². The van der Waals surface area contributed by atoms with E-state index in [0.29, 0.717) is 0 Å². The van der Waals surface area contributed by atoms with Crippen molar-refractivity contribution in [1.82, 2.24) is 4.57 Å². The number of rotatable bonds is 5. The lowest BCUT2D eigenvalue weighted by Crippen LogP contribution is -2.33. The minimum Gasteiger partial charge on any atom is -0.314 e. The Balaban J connectivity index is 1.18. The second-order valence-electron chi connectivity index (χ2n) is 18.0. The summed E-state index contributed by atoms with van der Waals surface area (Å²) in [6, 6.07) is 50.4. The fraction of sp³-hybridized carbons (Fsp3) is 0.245. The molecule has 7 aromatic rings. The van der Waals surface area contributed by atoms with Crippen molar-refractivity contribution in [2.45, 2.75) is 83.5 Å². The minimum atomic E-state index is -0.0832. The van der Waals surface area contributed by atoms with Gasteiger partial charge in [0.2, 0.25) is 0 Å². The highest BCUT2D eigenvalue weighted by Crippen LogP contribution is 2.51. The maximum atomic E-state index is 2.54. The summed E-state index contributed by atoms with van der Waals surface area (Å²) in [5.41, 5.74) is 18.8. The Morgan fingerprint density at radius 1 is 0.491 bits per heavy atom. The lowest BCUT2D eigenvalue weighted by atomic mass is 9.63. The van der Waals surface area contributed by atoms with Crippen molar-refractivity contribution in [2.24, 2.45) is 0 Å². The molecule has 272 valence electrons. The van der Waals surface area contributed by atoms with Gasteiger partial charge in [-0.25, -0.2) is 0 Å². The quantitative estimate of drug-likeness (QED) is 0.172. The summed E-state index contributed by atoms with van der Waals surface area (Å²) in [4.78, 5) is 2.54. The van der Waals surface area contributed by atoms with Gasteiger partial charge in [0.15, 0.2) is 0 Å². The Hall–Kier alpha value is -5.60. The highest BCUT2D eigenvalue weighted by atomic mass is 15.2. The maximum absolute atomic E-state index is 2.54. The molecule has 3 aliphatic rings. The summed E-state index contributed by atoms with van der Waals surface area (Å²) in [5.74, 6) is 0. The predicted molar refractivity (Wildman–Crippen MR) is 234 cm³/mol. The molecule has 55 heavy (non-hydrogen) atoms. The first-order chi connectivity index (χ1) is 26.5. The SMILES string of the molecule is CC1(C)CCC(C)(C)c2cc(-n3c4ccccc4c4ccc(N(C5=CC=C(c6ccccc6)CC5)c5ccc6c(c5)C(C)(C)c5ccccc5-6)cc43)ccc21. The Kier molecular flexibility index (Phi) is 7.53. The molecule has 0 amide bonds. The highest BCUT2D eigenvalue weighted by molar-refractivity contribution is 6.10. The third kappa shape index (κ3) is 5.29. The van der Waals surface area contributed by atoms with E-state index in [1.165, 1.54) is 102 Å². The first kappa shape index (κ1) is 33.9. The molecule has 0 atom stereocenters. The van der Waals surface area contributed by atoms with Crippen LogP contribution in [0.4, 0.5) is 11.4 Å². The fourth-order valence-corrected chi connectivity index (χ4v) is 10.1. The predicted octanol–water partition coefficient (Wildman–Crippen LogP) is 14.3. The summed E-state index contributed by atoms with van der Waals surface area (Å²) >= 11 is 0. The van der Waals surface area contributed by atoms with Crippen LogP contribution in [0.3, 0.4) is 0 Å². The molecule has 1 heterocycles. The number of hydrogen-bond donors (Lipinski definition) is 0. The molecule has 3 aliphatic carbocycles. The van der Waals surface area contributed by atoms with Gasteiger partial charge in [-0.05, 0) is 130 Å². The van der Waals surface area contributed by atoms with Gasteiger partial charge < -0.3 is 9.47 Å². The van der Waals surface area contributed by atoms with Crippen LogP contribution in [0.5, 0.6) is 0 Å². The van der Waals surface area contributed by atoms with E-state index in [4.69, 9.17) is 0 Å². The molecule has 0 bridgehead atoms. The molecule has 1 aromatic heterocycles. The number of hydrogen-bond acceptors (Lipinski definition) is 1. The summed E-state index contributed by atoms with van der Waals surface area (Å²) in [6.45, 7) is 14.5. The molecular formula is C53H50N2. The number of fused-ring (bicyclic) bond motifs is 7. The highest BCUT2D eigenvalue weighted by Gasteiger charge is 2.38. The van der Waals surface area contributed by atoms with Crippen LogP contribution >= 0.6 is 0 Å². The van der Waals surface area contributed by atoms with Crippen molar-refractivity contribution in [3.05, 3.63) is 179 Å². The maximum Gasteiger partial charge on any atom is 0.0561 e. The molecular weight excluding hydrogens is 665 g/mol. The topological polar surface area (TPSA) is 8.17 Å². The van der Waals surface area contributed by atoms with Gasteiger partial charge in [-0.3, -0.25) is 0 Å². The second-order valence-corrected chi connectivity index (χ2v) is 18.0. The monoisotopic (exact) mass is 714 g/mol. The largest absolute Gasteiger partial charge is 0.314 e. The van der Waals surface area contributed by atoms with E-state index < -0.39 is 0 Å². The number of nitrogens with zero attached hydrogens (tertiary/aromatic N) is 2. The van der Waals surface area contributed by atoms with Crippen molar-refractivity contribution in [2.75, 3.05) is 4.90 Å². The van der Waals surface area contributed by atoms with Crippen LogP contribution in [0.25, 0.3) is 44.2 Å². The molecule has 0 radical (unpaired) electrons. The van der Waals surface area contributed by atoms with E-state index in [9.17, 15) is 0 Å². The number of anilines is 2. The van der Waals surface area contributed by atoms with Gasteiger partial charge >= 0.3 is 0 Å². The van der Waals surface area contributed by atoms with E-state index in [1.807, 2.05) is 0 Å². The van der Waals surface area contributed by atoms with E-state index in [-0.39, 0.29) is 16.2 Å². The summed E-state index contributed by atoms with van der Waals surface area (Å²) in [7, 11) is 0. The van der Waals surface area contributed by atoms with Crippen LogP contribution in [-0.4, -0.2) is 4.57 Å². The average molecular weight is 715 g/mol. The van der Waals surface area contributed by atoms with Gasteiger partial charge in [0.1, 0.15) is 0 Å². The van der Waals surface area contributed by atoms with E-state index >= 15 is 0 Å². The summed E-state index contributed by atoms with van der Waals surface area (Å²) in [5, 5.41) is 2.57. The molecule has 0 aliphatic heterocycles. The van der Waals surface area contributed by atoms with Gasteiger partial charge in [0, 0.05) is 38.9 Å². The third-order valence-corrected chi connectivity index (χ3v) is 13.4. The van der Waals surface area contributed by atoms with Crippen molar-refractivity contribution < 1.29 is 0 Å². The van der Waals surface area contributed by atoms with Gasteiger partial charge in [-0.2, -0.15) is 0 Å². The molecule has 0 N–H and O–H groups in total. The van der Waals surface area contributed by atoms with Crippen molar-refractivity contribution in [3.8, 4) is 16.8 Å². The molecule has 0 unspecified atom stereocenters. The lowest BCUT2D eigenvalue weighted by Gasteiger charge is -2.42. The van der Waals surface area contributed by atoms with Gasteiger partial charge in [0.05, 0.1) is 11.0 Å². The summed E-state index contributed by atoms with van der Waals surface area (Å²) in [6.07, 6.45) is 9.08. The fourth-order valence-electron chi connectivity index (χ4n) is 10.1. The third-order valence-electron chi connectivity index (χ3n) is 13.4. The normalized spacial score (nSPS) is 17.6. The molecule has 6 aromatic carbocycles. The average Bonchev–Trinajstić information content (AvgIpc) is 3.65. The van der Waals surface area contributed by atoms with Crippen molar-refractivity contribution in [1.29, 1.82) is 0 Å².